The van der Waals surface area contributed by atoms with E-state index in [1.165, 1.54) is 18.4 Å². The number of hydrogen-bond donors (Lipinski definition) is 1. The van der Waals surface area contributed by atoms with Crippen LogP contribution in [0.15, 0.2) is 24.3 Å². The van der Waals surface area contributed by atoms with Crippen LogP contribution in [-0.4, -0.2) is 34.3 Å². The second-order valence-corrected chi connectivity index (χ2v) is 7.73. The normalized spacial score (nSPS) is 23.0. The fourth-order valence-corrected chi connectivity index (χ4v) is 3.42. The van der Waals surface area contributed by atoms with Gasteiger partial charge in [0.05, 0.1) is 12.1 Å². The van der Waals surface area contributed by atoms with Gasteiger partial charge in [0.1, 0.15) is 5.60 Å². The number of rotatable bonds is 3. The summed E-state index contributed by atoms with van der Waals surface area (Å²) in [6.45, 7) is 6.26. The number of benzene rings is 1. The van der Waals surface area contributed by atoms with E-state index in [4.69, 9.17) is 4.74 Å². The van der Waals surface area contributed by atoms with Gasteiger partial charge < -0.3 is 14.7 Å². The molecule has 1 N–H and O–H groups in total. The Bertz CT molecular complexity index is 574. The third kappa shape index (κ3) is 3.69. The average molecular weight is 317 g/mol. The predicted octanol–water partition coefficient (Wildman–Crippen LogP) is 4.00. The molecule has 0 radical (unpaired) electrons. The third-order valence-corrected chi connectivity index (χ3v) is 4.62. The van der Waals surface area contributed by atoms with Gasteiger partial charge in [0.15, 0.2) is 0 Å². The Morgan fingerprint density at radius 3 is 2.61 bits per heavy atom. The minimum absolute atomic E-state index is 0.190. The van der Waals surface area contributed by atoms with Crippen LogP contribution in [0.1, 0.15) is 69.6 Å². The molecule has 1 aromatic rings. The van der Waals surface area contributed by atoms with Gasteiger partial charge in [-0.1, -0.05) is 24.3 Å². The average Bonchev–Trinajstić information content (AvgIpc) is 3.21. The highest BCUT2D eigenvalue weighted by molar-refractivity contribution is 5.69. The van der Waals surface area contributed by atoms with Crippen molar-refractivity contribution in [2.24, 2.45) is 0 Å². The fraction of sp³-hybridized carbons (Fsp3) is 0.632. The van der Waals surface area contributed by atoms with E-state index in [1.807, 2.05) is 39.0 Å². The molecule has 4 heteroatoms. The van der Waals surface area contributed by atoms with Crippen molar-refractivity contribution in [2.45, 2.75) is 70.1 Å². The number of nitrogens with zero attached hydrogens (tertiary/aromatic N) is 1. The molecule has 1 saturated heterocycles. The number of hydrogen-bond acceptors (Lipinski definition) is 3. The van der Waals surface area contributed by atoms with E-state index in [2.05, 4.69) is 6.07 Å². The highest BCUT2D eigenvalue weighted by atomic mass is 16.6. The summed E-state index contributed by atoms with van der Waals surface area (Å²) < 4.78 is 5.50. The van der Waals surface area contributed by atoms with Crippen molar-refractivity contribution in [3.63, 3.8) is 0 Å². The highest BCUT2D eigenvalue weighted by Gasteiger charge is 2.38. The standard InChI is InChI=1S/C19H27NO3/c1-19(2,3)23-18(22)20-12-6-9-16(20)17(21)15-8-5-4-7-14(15)13-10-11-13/h4-5,7-8,13,16-17,21H,6,9-12H2,1-3H3. The van der Waals surface area contributed by atoms with Crippen LogP contribution in [0.2, 0.25) is 0 Å². The van der Waals surface area contributed by atoms with Crippen molar-refractivity contribution in [1.82, 2.24) is 4.90 Å². The van der Waals surface area contributed by atoms with E-state index in [-0.39, 0.29) is 12.1 Å². The summed E-state index contributed by atoms with van der Waals surface area (Å²) in [5, 5.41) is 10.9. The first-order valence-corrected chi connectivity index (χ1v) is 8.63. The number of ether oxygens (including phenoxy) is 1. The molecule has 0 bridgehead atoms. The molecular weight excluding hydrogens is 290 g/mol. The number of aliphatic hydroxyl groups is 1. The van der Waals surface area contributed by atoms with Crippen molar-refractivity contribution >= 4 is 6.09 Å². The molecule has 1 amide bonds. The van der Waals surface area contributed by atoms with Crippen LogP contribution in [0.25, 0.3) is 0 Å². The maximum Gasteiger partial charge on any atom is 0.410 e. The van der Waals surface area contributed by atoms with Crippen LogP contribution in [0, 0.1) is 0 Å². The second kappa shape index (κ2) is 6.16. The van der Waals surface area contributed by atoms with Crippen LogP contribution in [0.3, 0.4) is 0 Å². The summed E-state index contributed by atoms with van der Waals surface area (Å²) in [4.78, 5) is 14.1. The van der Waals surface area contributed by atoms with Crippen LogP contribution < -0.4 is 0 Å². The zero-order chi connectivity index (χ0) is 16.6. The van der Waals surface area contributed by atoms with E-state index >= 15 is 0 Å². The molecule has 0 aromatic heterocycles. The molecule has 3 rings (SSSR count). The van der Waals surface area contributed by atoms with Crippen LogP contribution in [0.4, 0.5) is 4.79 Å². The van der Waals surface area contributed by atoms with Gasteiger partial charge in [-0.15, -0.1) is 0 Å². The maximum atomic E-state index is 12.4. The summed E-state index contributed by atoms with van der Waals surface area (Å²) in [5.74, 6) is 0.581. The van der Waals surface area contributed by atoms with Crippen molar-refractivity contribution in [2.75, 3.05) is 6.54 Å². The van der Waals surface area contributed by atoms with Gasteiger partial charge in [0, 0.05) is 6.54 Å². The Kier molecular flexibility index (Phi) is 4.37. The minimum Gasteiger partial charge on any atom is -0.444 e. The summed E-state index contributed by atoms with van der Waals surface area (Å²) >= 11 is 0. The van der Waals surface area contributed by atoms with Gasteiger partial charge in [-0.25, -0.2) is 4.79 Å². The summed E-state index contributed by atoms with van der Waals surface area (Å²) in [6, 6.07) is 7.93. The number of carbonyl (C=O) groups excluding carboxylic acids is 1. The fourth-order valence-electron chi connectivity index (χ4n) is 3.42. The first-order chi connectivity index (χ1) is 10.9. The van der Waals surface area contributed by atoms with E-state index in [0.717, 1.165) is 18.4 Å². The summed E-state index contributed by atoms with van der Waals surface area (Å²) in [5.41, 5.74) is 1.72. The van der Waals surface area contributed by atoms with Crippen molar-refractivity contribution in [3.05, 3.63) is 35.4 Å². The number of aliphatic hydroxyl groups excluding tert-OH is 1. The Morgan fingerprint density at radius 1 is 1.26 bits per heavy atom. The Labute approximate surface area is 138 Å². The van der Waals surface area contributed by atoms with Gasteiger partial charge in [-0.05, 0) is 63.5 Å². The second-order valence-electron chi connectivity index (χ2n) is 7.73. The zero-order valence-electron chi connectivity index (χ0n) is 14.3. The molecule has 2 fully saturated rings. The molecule has 2 atom stereocenters. The van der Waals surface area contributed by atoms with Gasteiger partial charge in [0.2, 0.25) is 0 Å². The number of carbonyl (C=O) groups is 1. The molecule has 1 heterocycles. The van der Waals surface area contributed by atoms with Gasteiger partial charge in [-0.3, -0.25) is 0 Å². The van der Waals surface area contributed by atoms with Gasteiger partial charge in [-0.2, -0.15) is 0 Å². The zero-order valence-corrected chi connectivity index (χ0v) is 14.3. The van der Waals surface area contributed by atoms with Crippen LogP contribution >= 0.6 is 0 Å². The molecule has 126 valence electrons. The SMILES string of the molecule is CC(C)(C)OC(=O)N1CCCC1C(O)c1ccccc1C1CC1. The van der Waals surface area contributed by atoms with E-state index in [0.29, 0.717) is 12.5 Å². The molecule has 1 aliphatic heterocycles. The minimum atomic E-state index is -0.637. The lowest BCUT2D eigenvalue weighted by atomic mass is 9.93. The Balaban J connectivity index is 1.78. The summed E-state index contributed by atoms with van der Waals surface area (Å²) in [7, 11) is 0. The monoisotopic (exact) mass is 317 g/mol. The molecule has 23 heavy (non-hydrogen) atoms. The van der Waals surface area contributed by atoms with E-state index in [9.17, 15) is 9.90 Å². The number of amides is 1. The highest BCUT2D eigenvalue weighted by Crippen LogP contribution is 2.44. The lowest BCUT2D eigenvalue weighted by molar-refractivity contribution is 0.00476. The Morgan fingerprint density at radius 2 is 1.96 bits per heavy atom. The molecule has 1 aliphatic carbocycles. The quantitative estimate of drug-likeness (QED) is 0.917. The molecule has 2 aliphatic rings. The third-order valence-electron chi connectivity index (χ3n) is 4.62. The smallest absolute Gasteiger partial charge is 0.410 e. The lowest BCUT2D eigenvalue weighted by Crippen LogP contribution is -2.42. The molecule has 1 aromatic carbocycles. The van der Waals surface area contributed by atoms with Crippen molar-refractivity contribution in [1.29, 1.82) is 0 Å². The van der Waals surface area contributed by atoms with Crippen molar-refractivity contribution in [3.8, 4) is 0 Å². The van der Waals surface area contributed by atoms with Crippen LogP contribution in [-0.2, 0) is 4.74 Å². The van der Waals surface area contributed by atoms with E-state index < -0.39 is 11.7 Å². The molecule has 0 spiro atoms. The van der Waals surface area contributed by atoms with Crippen molar-refractivity contribution < 1.29 is 14.6 Å². The largest absolute Gasteiger partial charge is 0.444 e. The summed E-state index contributed by atoms with van der Waals surface area (Å²) in [6.07, 6.45) is 3.17. The van der Waals surface area contributed by atoms with Crippen LogP contribution in [0.5, 0.6) is 0 Å². The Hall–Kier alpha value is -1.55. The lowest BCUT2D eigenvalue weighted by Gasteiger charge is -2.31. The van der Waals surface area contributed by atoms with E-state index in [1.54, 1.807) is 4.90 Å². The topological polar surface area (TPSA) is 49.8 Å². The van der Waals surface area contributed by atoms with Gasteiger partial charge >= 0.3 is 6.09 Å². The molecular formula is C19H27NO3. The van der Waals surface area contributed by atoms with Gasteiger partial charge in [0.25, 0.3) is 0 Å². The molecule has 4 nitrogen and oxygen atoms in total. The maximum absolute atomic E-state index is 12.4. The first kappa shape index (κ1) is 16.3. The first-order valence-electron chi connectivity index (χ1n) is 8.63. The number of likely N-dealkylation sites (tertiary alicyclic amines) is 1. The molecule has 2 unspecified atom stereocenters. The predicted molar refractivity (Wildman–Crippen MR) is 89.3 cm³/mol. The molecule has 1 saturated carbocycles.